The minimum absolute atomic E-state index is 0.00818. The molecule has 2 N–H and O–H groups in total. The first-order valence-corrected chi connectivity index (χ1v) is 12.6. The molecule has 2 amide bonds. The number of esters is 2. The molecule has 2 aromatic rings. The maximum absolute atomic E-state index is 13.3. The highest BCUT2D eigenvalue weighted by atomic mass is 35.5. The van der Waals surface area contributed by atoms with E-state index in [0.29, 0.717) is 22.0 Å². The molecule has 0 bridgehead atoms. The maximum atomic E-state index is 13.3. The van der Waals surface area contributed by atoms with Crippen molar-refractivity contribution < 1.29 is 28.7 Å². The van der Waals surface area contributed by atoms with E-state index in [0.717, 1.165) is 5.69 Å². The van der Waals surface area contributed by atoms with Crippen molar-refractivity contribution in [3.05, 3.63) is 46.2 Å². The topological polar surface area (TPSA) is 129 Å². The Hall–Kier alpha value is -3.40. The molecular weight excluding hydrogens is 500 g/mol. The molecule has 2 rings (SSSR count). The predicted octanol–water partition coefficient (Wildman–Crippen LogP) is 3.29. The van der Waals surface area contributed by atoms with Gasteiger partial charge in [0.1, 0.15) is 12.1 Å². The van der Waals surface area contributed by atoms with Crippen LogP contribution >= 0.6 is 11.6 Å². The lowest BCUT2D eigenvalue weighted by Crippen LogP contribution is -2.54. The average Bonchev–Trinajstić information content (AvgIpc) is 3.14. The van der Waals surface area contributed by atoms with E-state index >= 15 is 0 Å². The third-order valence-corrected chi connectivity index (χ3v) is 5.91. The molecule has 0 spiro atoms. The summed E-state index contributed by atoms with van der Waals surface area (Å²) in [6, 6.07) is 5.03. The summed E-state index contributed by atoms with van der Waals surface area (Å²) in [5.74, 6) is -2.48. The predicted molar refractivity (Wildman–Crippen MR) is 139 cm³/mol. The average molecular weight is 535 g/mol. The molecule has 1 aromatic carbocycles. The number of halogens is 1. The van der Waals surface area contributed by atoms with Gasteiger partial charge in [-0.2, -0.15) is 5.10 Å². The fourth-order valence-corrected chi connectivity index (χ4v) is 3.93. The lowest BCUT2D eigenvalue weighted by Gasteiger charge is -2.25. The van der Waals surface area contributed by atoms with Gasteiger partial charge in [0, 0.05) is 11.4 Å². The number of nitrogens with zero attached hydrogens (tertiary/aromatic N) is 2. The normalized spacial score (nSPS) is 12.5. The fourth-order valence-electron chi connectivity index (χ4n) is 3.80. The van der Waals surface area contributed by atoms with Crippen LogP contribution < -0.4 is 10.6 Å². The van der Waals surface area contributed by atoms with Gasteiger partial charge in [0.2, 0.25) is 5.91 Å². The lowest BCUT2D eigenvalue weighted by atomic mass is 10.0. The number of aryl methyl sites for hydroxylation is 1. The molecule has 0 aliphatic carbocycles. The SMILES string of the molecule is CCOC(=O)CC[C@@H](NC(=O)[C@@H](NC(=O)c1c(C)nn(-c2ccc(Cl)cc2)c1C)C(C)C)C(=O)OCC. The summed E-state index contributed by atoms with van der Waals surface area (Å²) in [4.78, 5) is 50.7. The van der Waals surface area contributed by atoms with Crippen LogP contribution in [0.3, 0.4) is 0 Å². The summed E-state index contributed by atoms with van der Waals surface area (Å²) < 4.78 is 11.6. The van der Waals surface area contributed by atoms with Crippen molar-refractivity contribution in [2.24, 2.45) is 5.92 Å². The standard InChI is InChI=1S/C26H35ClN4O6/c1-7-36-21(32)14-13-20(26(35)37-8-2)28-25(34)23(15(3)4)29-24(33)22-16(5)30-31(17(22)6)19-11-9-18(27)10-12-19/h9-12,15,20,23H,7-8,13-14H2,1-6H3,(H,28,34)(H,29,33)/t20-,23+/m1/s1. The highest BCUT2D eigenvalue weighted by Gasteiger charge is 2.31. The summed E-state index contributed by atoms with van der Waals surface area (Å²) in [6.45, 7) is 10.7. The Kier molecular flexibility index (Phi) is 11.1. The molecule has 202 valence electrons. The monoisotopic (exact) mass is 534 g/mol. The smallest absolute Gasteiger partial charge is 0.328 e. The summed E-state index contributed by atoms with van der Waals surface area (Å²) in [7, 11) is 0. The minimum atomic E-state index is -1.06. The molecule has 2 atom stereocenters. The molecule has 0 saturated heterocycles. The van der Waals surface area contributed by atoms with Crippen LogP contribution in [0.15, 0.2) is 24.3 Å². The number of hydrogen-bond donors (Lipinski definition) is 2. The highest BCUT2D eigenvalue weighted by Crippen LogP contribution is 2.20. The van der Waals surface area contributed by atoms with Gasteiger partial charge in [-0.1, -0.05) is 25.4 Å². The van der Waals surface area contributed by atoms with Crippen LogP contribution in [-0.4, -0.2) is 58.8 Å². The number of benzene rings is 1. The molecule has 11 heteroatoms. The van der Waals surface area contributed by atoms with E-state index in [4.69, 9.17) is 21.1 Å². The van der Waals surface area contributed by atoms with Crippen LogP contribution in [-0.2, 0) is 23.9 Å². The number of carbonyl (C=O) groups excluding carboxylic acids is 4. The molecule has 1 aromatic heterocycles. The molecule has 0 radical (unpaired) electrons. The van der Waals surface area contributed by atoms with E-state index in [1.807, 2.05) is 0 Å². The Bertz CT molecular complexity index is 1110. The molecule has 37 heavy (non-hydrogen) atoms. The number of nitrogens with one attached hydrogen (secondary N) is 2. The van der Waals surface area contributed by atoms with Crippen molar-refractivity contribution in [1.29, 1.82) is 0 Å². The first kappa shape index (κ1) is 29.8. The van der Waals surface area contributed by atoms with Crippen LogP contribution in [0, 0.1) is 19.8 Å². The third-order valence-electron chi connectivity index (χ3n) is 5.66. The van der Waals surface area contributed by atoms with E-state index in [1.54, 1.807) is 70.5 Å². The van der Waals surface area contributed by atoms with Gasteiger partial charge in [0.25, 0.3) is 5.91 Å². The van der Waals surface area contributed by atoms with Crippen molar-refractivity contribution in [1.82, 2.24) is 20.4 Å². The van der Waals surface area contributed by atoms with E-state index in [1.165, 1.54) is 0 Å². The van der Waals surface area contributed by atoms with Crippen molar-refractivity contribution in [2.75, 3.05) is 13.2 Å². The van der Waals surface area contributed by atoms with Gasteiger partial charge >= 0.3 is 11.9 Å². The molecule has 10 nitrogen and oxygen atoms in total. The molecule has 1 heterocycles. The second-order valence-corrected chi connectivity index (χ2v) is 9.22. The van der Waals surface area contributed by atoms with Gasteiger partial charge in [-0.3, -0.25) is 14.4 Å². The Morgan fingerprint density at radius 3 is 2.19 bits per heavy atom. The van der Waals surface area contributed by atoms with Crippen LogP contribution in [0.2, 0.25) is 5.02 Å². The third kappa shape index (κ3) is 8.04. The van der Waals surface area contributed by atoms with Crippen molar-refractivity contribution in [3.8, 4) is 5.69 Å². The van der Waals surface area contributed by atoms with Crippen LogP contribution in [0.5, 0.6) is 0 Å². The molecule has 0 saturated carbocycles. The Balaban J connectivity index is 2.22. The number of rotatable bonds is 12. The summed E-state index contributed by atoms with van der Waals surface area (Å²) in [6.07, 6.45) is -0.0627. The van der Waals surface area contributed by atoms with Gasteiger partial charge in [0.05, 0.1) is 35.9 Å². The molecule has 0 aliphatic heterocycles. The molecule has 0 fully saturated rings. The zero-order valence-corrected chi connectivity index (χ0v) is 22.8. The van der Waals surface area contributed by atoms with Gasteiger partial charge in [0.15, 0.2) is 0 Å². The second kappa shape index (κ2) is 13.8. The van der Waals surface area contributed by atoms with E-state index in [9.17, 15) is 19.2 Å². The van der Waals surface area contributed by atoms with Gasteiger partial charge in [-0.15, -0.1) is 0 Å². The van der Waals surface area contributed by atoms with E-state index in [2.05, 4.69) is 15.7 Å². The maximum Gasteiger partial charge on any atom is 0.328 e. The first-order valence-electron chi connectivity index (χ1n) is 12.3. The summed E-state index contributed by atoms with van der Waals surface area (Å²) in [5.41, 5.74) is 2.17. The van der Waals surface area contributed by atoms with Gasteiger partial charge < -0.3 is 20.1 Å². The number of aromatic nitrogens is 2. The first-order chi connectivity index (χ1) is 17.5. The number of carbonyl (C=O) groups is 4. The largest absolute Gasteiger partial charge is 0.466 e. The van der Waals surface area contributed by atoms with E-state index < -0.39 is 35.8 Å². The molecule has 0 unspecified atom stereocenters. The van der Waals surface area contributed by atoms with E-state index in [-0.39, 0.29) is 32.0 Å². The molecule has 0 aliphatic rings. The van der Waals surface area contributed by atoms with Gasteiger partial charge in [-0.25, -0.2) is 9.48 Å². The Morgan fingerprint density at radius 1 is 1.00 bits per heavy atom. The van der Waals surface area contributed by atoms with Gasteiger partial charge in [-0.05, 0) is 64.3 Å². The van der Waals surface area contributed by atoms with Crippen LogP contribution in [0.25, 0.3) is 5.69 Å². The van der Waals surface area contributed by atoms with Crippen molar-refractivity contribution in [2.45, 2.75) is 66.5 Å². The number of ether oxygens (including phenoxy) is 2. The highest BCUT2D eigenvalue weighted by molar-refractivity contribution is 6.30. The second-order valence-electron chi connectivity index (χ2n) is 8.79. The number of hydrogen-bond acceptors (Lipinski definition) is 7. The Morgan fingerprint density at radius 2 is 1.62 bits per heavy atom. The zero-order chi connectivity index (χ0) is 27.7. The Labute approximate surface area is 222 Å². The lowest BCUT2D eigenvalue weighted by molar-refractivity contribution is -0.149. The van der Waals surface area contributed by atoms with Crippen LogP contribution in [0.4, 0.5) is 0 Å². The molecular formula is C26H35ClN4O6. The summed E-state index contributed by atoms with van der Waals surface area (Å²) >= 11 is 5.98. The van der Waals surface area contributed by atoms with Crippen molar-refractivity contribution in [3.63, 3.8) is 0 Å². The fraction of sp³-hybridized carbons (Fsp3) is 0.500. The quantitative estimate of drug-likeness (QED) is 0.400. The minimum Gasteiger partial charge on any atom is -0.466 e. The van der Waals surface area contributed by atoms with Crippen molar-refractivity contribution >= 4 is 35.4 Å². The zero-order valence-electron chi connectivity index (χ0n) is 22.1. The number of amides is 2. The van der Waals surface area contributed by atoms with Crippen LogP contribution in [0.1, 0.15) is 62.3 Å². The summed E-state index contributed by atoms with van der Waals surface area (Å²) in [5, 5.41) is 10.5.